The van der Waals surface area contributed by atoms with E-state index in [4.69, 9.17) is 0 Å². The number of thioether (sulfide) groups is 2. The van der Waals surface area contributed by atoms with E-state index in [1.807, 2.05) is 23.5 Å². The number of rotatable bonds is 0. The molecule has 1 aliphatic heterocycles. The van der Waals surface area contributed by atoms with Crippen molar-refractivity contribution in [2.45, 2.75) is 26.3 Å². The summed E-state index contributed by atoms with van der Waals surface area (Å²) in [6.07, 6.45) is 2.16. The highest BCUT2D eigenvalue weighted by Crippen LogP contribution is 2.24. The van der Waals surface area contributed by atoms with Crippen molar-refractivity contribution in [2.75, 3.05) is 18.6 Å². The van der Waals surface area contributed by atoms with Crippen molar-refractivity contribution in [3.05, 3.63) is 0 Å². The van der Waals surface area contributed by atoms with Crippen LogP contribution in [-0.2, 0) is 0 Å². The minimum atomic E-state index is 0.307. The number of hydrogen-bond acceptors (Lipinski definition) is 2. The molecule has 11 heavy (non-hydrogen) atoms. The number of hydrogen-bond donors (Lipinski definition) is 0. The molecular weight excluding hydrogens is 174 g/mol. The molecule has 0 saturated carbocycles. The van der Waals surface area contributed by atoms with Gasteiger partial charge in [0.05, 0.1) is 5.75 Å². The minimum Gasteiger partial charge on any atom is -0.213 e. The molecule has 0 unspecified atom stereocenters. The predicted octanol–water partition coefficient (Wildman–Crippen LogP) is 2.26. The molecule has 0 aromatic heterocycles. The van der Waals surface area contributed by atoms with Gasteiger partial charge in [-0.25, -0.2) is 4.58 Å². The summed E-state index contributed by atoms with van der Waals surface area (Å²) in [6, 6.07) is 0. The fraction of sp³-hybridized carbons (Fsp3) is 0.875. The molecule has 0 aromatic carbocycles. The zero-order valence-corrected chi connectivity index (χ0v) is 9.31. The van der Waals surface area contributed by atoms with Crippen LogP contribution in [0.3, 0.4) is 0 Å². The van der Waals surface area contributed by atoms with E-state index < -0.39 is 0 Å². The first-order chi connectivity index (χ1) is 5.05. The Bertz CT molecular complexity index is 179. The highest BCUT2D eigenvalue weighted by atomic mass is 32.2. The molecule has 0 amide bonds. The molecule has 3 heteroatoms. The summed E-state index contributed by atoms with van der Waals surface area (Å²) in [5.41, 5.74) is 0.307. The summed E-state index contributed by atoms with van der Waals surface area (Å²) in [5.74, 6) is 1.26. The SMILES string of the molecule is CSC1=[N+](C(C)(C)C)CCS1. The Morgan fingerprint density at radius 3 is 2.45 bits per heavy atom. The van der Waals surface area contributed by atoms with Gasteiger partial charge in [0.25, 0.3) is 4.38 Å². The van der Waals surface area contributed by atoms with Crippen LogP contribution in [0.15, 0.2) is 0 Å². The van der Waals surface area contributed by atoms with E-state index in [-0.39, 0.29) is 0 Å². The standard InChI is InChI=1S/C8H16NS2/c1-8(2,3)9-5-6-11-7(9)10-4/h5-6H2,1-4H3/q+1. The van der Waals surface area contributed by atoms with Crippen molar-refractivity contribution in [3.8, 4) is 0 Å². The van der Waals surface area contributed by atoms with Crippen LogP contribution >= 0.6 is 23.5 Å². The molecule has 0 atom stereocenters. The maximum atomic E-state index is 2.49. The van der Waals surface area contributed by atoms with Gasteiger partial charge in [-0.3, -0.25) is 0 Å². The van der Waals surface area contributed by atoms with Crippen LogP contribution in [0.5, 0.6) is 0 Å². The molecule has 1 rings (SSSR count). The van der Waals surface area contributed by atoms with Crippen LogP contribution in [0.1, 0.15) is 20.8 Å². The van der Waals surface area contributed by atoms with Gasteiger partial charge in [-0.05, 0) is 38.8 Å². The molecular formula is C8H16NS2+. The summed E-state index contributed by atoms with van der Waals surface area (Å²) in [7, 11) is 0. The quantitative estimate of drug-likeness (QED) is 0.539. The third-order valence-corrected chi connectivity index (χ3v) is 4.02. The summed E-state index contributed by atoms with van der Waals surface area (Å²) < 4.78 is 3.97. The molecule has 1 aliphatic rings. The fourth-order valence-corrected chi connectivity index (χ4v) is 3.45. The van der Waals surface area contributed by atoms with Crippen molar-refractivity contribution in [2.24, 2.45) is 0 Å². The Balaban J connectivity index is 2.83. The highest BCUT2D eigenvalue weighted by molar-refractivity contribution is 8.38. The monoisotopic (exact) mass is 190 g/mol. The van der Waals surface area contributed by atoms with E-state index >= 15 is 0 Å². The van der Waals surface area contributed by atoms with Crippen molar-refractivity contribution in [3.63, 3.8) is 0 Å². The normalized spacial score (nSPS) is 19.6. The molecule has 0 aliphatic carbocycles. The maximum absolute atomic E-state index is 2.49. The summed E-state index contributed by atoms with van der Waals surface area (Å²) >= 11 is 3.86. The molecule has 0 radical (unpaired) electrons. The van der Waals surface area contributed by atoms with Gasteiger partial charge < -0.3 is 0 Å². The van der Waals surface area contributed by atoms with E-state index in [2.05, 4.69) is 31.6 Å². The van der Waals surface area contributed by atoms with E-state index in [0.29, 0.717) is 5.54 Å². The van der Waals surface area contributed by atoms with Gasteiger partial charge in [-0.2, -0.15) is 0 Å². The van der Waals surface area contributed by atoms with E-state index in [9.17, 15) is 0 Å². The Kier molecular flexibility index (Phi) is 2.92. The average molecular weight is 190 g/mol. The van der Waals surface area contributed by atoms with Crippen LogP contribution in [0.25, 0.3) is 0 Å². The lowest BCUT2D eigenvalue weighted by molar-refractivity contribution is -0.585. The average Bonchev–Trinajstić information content (AvgIpc) is 2.31. The zero-order chi connectivity index (χ0) is 8.48. The van der Waals surface area contributed by atoms with E-state index in [0.717, 1.165) is 0 Å². The second-order valence-corrected chi connectivity index (χ2v) is 5.78. The topological polar surface area (TPSA) is 3.01 Å². The Hall–Kier alpha value is 0.370. The molecule has 0 bridgehead atoms. The van der Waals surface area contributed by atoms with Crippen molar-refractivity contribution < 1.29 is 4.58 Å². The van der Waals surface area contributed by atoms with Crippen LogP contribution < -0.4 is 0 Å². The minimum absolute atomic E-state index is 0.307. The molecule has 0 fully saturated rings. The number of nitrogens with zero attached hydrogens (tertiary/aromatic N) is 1. The third kappa shape index (κ3) is 2.15. The molecule has 0 spiro atoms. The Morgan fingerprint density at radius 1 is 1.45 bits per heavy atom. The molecule has 0 saturated heterocycles. The summed E-state index contributed by atoms with van der Waals surface area (Å²) in [4.78, 5) is 0. The lowest BCUT2D eigenvalue weighted by Gasteiger charge is -2.15. The Morgan fingerprint density at radius 2 is 2.09 bits per heavy atom. The maximum Gasteiger partial charge on any atom is 0.270 e. The van der Waals surface area contributed by atoms with Crippen LogP contribution in [0.2, 0.25) is 0 Å². The van der Waals surface area contributed by atoms with Crippen molar-refractivity contribution in [1.82, 2.24) is 0 Å². The van der Waals surface area contributed by atoms with Crippen molar-refractivity contribution >= 4 is 27.9 Å². The first-order valence-corrected chi connectivity index (χ1v) is 6.08. The third-order valence-electron chi connectivity index (χ3n) is 1.75. The zero-order valence-electron chi connectivity index (χ0n) is 7.68. The van der Waals surface area contributed by atoms with Crippen LogP contribution in [-0.4, -0.2) is 33.0 Å². The summed E-state index contributed by atoms with van der Waals surface area (Å²) in [6.45, 7) is 8.03. The van der Waals surface area contributed by atoms with Crippen LogP contribution in [0.4, 0.5) is 0 Å². The second-order valence-electron chi connectivity index (χ2n) is 3.64. The first-order valence-electron chi connectivity index (χ1n) is 3.87. The lowest BCUT2D eigenvalue weighted by Crippen LogP contribution is -2.34. The van der Waals surface area contributed by atoms with Gasteiger partial charge in [0, 0.05) is 0 Å². The molecule has 0 aromatic rings. The highest BCUT2D eigenvalue weighted by Gasteiger charge is 2.32. The Labute approximate surface area is 77.6 Å². The largest absolute Gasteiger partial charge is 0.270 e. The molecule has 64 valence electrons. The van der Waals surface area contributed by atoms with Gasteiger partial charge in [-0.1, -0.05) is 11.8 Å². The lowest BCUT2D eigenvalue weighted by atomic mass is 10.1. The molecule has 1 nitrogen and oxygen atoms in total. The summed E-state index contributed by atoms with van der Waals surface area (Å²) in [5, 5.41) is 0. The fourth-order valence-electron chi connectivity index (χ4n) is 1.17. The predicted molar refractivity (Wildman–Crippen MR) is 55.9 cm³/mol. The van der Waals surface area contributed by atoms with Gasteiger partial charge in [0.15, 0.2) is 12.1 Å². The smallest absolute Gasteiger partial charge is 0.213 e. The van der Waals surface area contributed by atoms with E-state index in [1.54, 1.807) is 0 Å². The van der Waals surface area contributed by atoms with E-state index in [1.165, 1.54) is 16.7 Å². The van der Waals surface area contributed by atoms with Gasteiger partial charge in [0.2, 0.25) is 0 Å². The van der Waals surface area contributed by atoms with Gasteiger partial charge >= 0.3 is 0 Å². The van der Waals surface area contributed by atoms with Crippen molar-refractivity contribution in [1.29, 1.82) is 0 Å². The second kappa shape index (κ2) is 3.40. The first kappa shape index (κ1) is 9.46. The van der Waals surface area contributed by atoms with Gasteiger partial charge in [0.1, 0.15) is 0 Å². The molecule has 0 N–H and O–H groups in total. The molecule has 1 heterocycles. The van der Waals surface area contributed by atoms with Gasteiger partial charge in [-0.15, -0.1) is 0 Å². The van der Waals surface area contributed by atoms with Crippen LogP contribution in [0, 0.1) is 0 Å².